The molecule has 2 aromatic rings. The molecular formula is C11H10BrN3O. The van der Waals surface area contributed by atoms with E-state index in [0.717, 1.165) is 4.47 Å². The number of nitrogens with zero attached hydrogens (tertiary/aromatic N) is 3. The van der Waals surface area contributed by atoms with Crippen LogP contribution >= 0.6 is 15.9 Å². The molecule has 0 saturated heterocycles. The van der Waals surface area contributed by atoms with E-state index in [1.54, 1.807) is 23.9 Å². The van der Waals surface area contributed by atoms with Crippen LogP contribution in [-0.2, 0) is 13.5 Å². The number of hydrogen-bond donors (Lipinski definition) is 0. The van der Waals surface area contributed by atoms with Crippen molar-refractivity contribution in [3.63, 3.8) is 0 Å². The minimum atomic E-state index is 0.0393. The fourth-order valence-corrected chi connectivity index (χ4v) is 1.79. The third-order valence-corrected chi connectivity index (χ3v) is 2.76. The summed E-state index contributed by atoms with van der Waals surface area (Å²) < 4.78 is 2.51. The molecule has 0 fully saturated rings. The summed E-state index contributed by atoms with van der Waals surface area (Å²) in [5.74, 6) is 0.711. The Hall–Kier alpha value is -1.49. The van der Waals surface area contributed by atoms with Crippen molar-refractivity contribution in [2.75, 3.05) is 0 Å². The van der Waals surface area contributed by atoms with E-state index >= 15 is 0 Å². The quantitative estimate of drug-likeness (QED) is 0.808. The maximum absolute atomic E-state index is 11.9. The summed E-state index contributed by atoms with van der Waals surface area (Å²) in [5, 5.41) is 3.92. The highest BCUT2D eigenvalue weighted by molar-refractivity contribution is 9.10. The molecule has 16 heavy (non-hydrogen) atoms. The van der Waals surface area contributed by atoms with Crippen molar-refractivity contribution in [3.8, 4) is 0 Å². The molecule has 4 nitrogen and oxygen atoms in total. The maximum atomic E-state index is 11.9. The zero-order valence-corrected chi connectivity index (χ0v) is 10.3. The predicted molar refractivity (Wildman–Crippen MR) is 63.2 cm³/mol. The third kappa shape index (κ3) is 2.36. The first kappa shape index (κ1) is 11.0. The van der Waals surface area contributed by atoms with Gasteiger partial charge in [0.2, 0.25) is 0 Å². The summed E-state index contributed by atoms with van der Waals surface area (Å²) in [6.07, 6.45) is 1.72. The van der Waals surface area contributed by atoms with E-state index in [2.05, 4.69) is 26.0 Å². The standard InChI is InChI=1S/C11H10BrN3O/c1-15-11(13-7-14-15)6-10(16)8-3-2-4-9(12)5-8/h2-5,7H,6H2,1H3. The third-order valence-electron chi connectivity index (χ3n) is 2.27. The monoisotopic (exact) mass is 279 g/mol. The second-order valence-corrected chi connectivity index (χ2v) is 4.33. The molecule has 0 amide bonds. The predicted octanol–water partition coefficient (Wildman–Crippen LogP) is 2.00. The normalized spacial score (nSPS) is 10.4. The fraction of sp³-hybridized carbons (Fsp3) is 0.182. The van der Waals surface area contributed by atoms with Crippen LogP contribution in [0.1, 0.15) is 16.2 Å². The highest BCUT2D eigenvalue weighted by Crippen LogP contribution is 2.13. The van der Waals surface area contributed by atoms with Crippen molar-refractivity contribution >= 4 is 21.7 Å². The van der Waals surface area contributed by atoms with E-state index in [4.69, 9.17) is 0 Å². The van der Waals surface area contributed by atoms with Crippen LogP contribution in [0.4, 0.5) is 0 Å². The van der Waals surface area contributed by atoms with Gasteiger partial charge in [0.15, 0.2) is 5.78 Å². The molecule has 1 aromatic carbocycles. The second-order valence-electron chi connectivity index (χ2n) is 3.41. The summed E-state index contributed by atoms with van der Waals surface area (Å²) in [5.41, 5.74) is 0.678. The lowest BCUT2D eigenvalue weighted by Gasteiger charge is -2.01. The zero-order chi connectivity index (χ0) is 11.5. The van der Waals surface area contributed by atoms with Gasteiger partial charge in [-0.2, -0.15) is 5.10 Å². The Morgan fingerprint density at radius 2 is 2.31 bits per heavy atom. The molecular weight excluding hydrogens is 270 g/mol. The highest BCUT2D eigenvalue weighted by Gasteiger charge is 2.10. The molecule has 1 aromatic heterocycles. The van der Waals surface area contributed by atoms with E-state index in [1.807, 2.05) is 12.1 Å². The number of carbonyl (C=O) groups excluding carboxylic acids is 1. The molecule has 0 N–H and O–H groups in total. The van der Waals surface area contributed by atoms with Gasteiger partial charge in [-0.1, -0.05) is 28.1 Å². The van der Waals surface area contributed by atoms with Gasteiger partial charge < -0.3 is 0 Å². The average molecular weight is 280 g/mol. The average Bonchev–Trinajstić information content (AvgIpc) is 2.64. The van der Waals surface area contributed by atoms with Gasteiger partial charge in [0.05, 0.1) is 6.42 Å². The number of benzene rings is 1. The SMILES string of the molecule is Cn1ncnc1CC(=O)c1cccc(Br)c1. The Kier molecular flexibility index (Phi) is 3.14. The smallest absolute Gasteiger partial charge is 0.170 e. The van der Waals surface area contributed by atoms with Crippen LogP contribution in [0.5, 0.6) is 0 Å². The minimum Gasteiger partial charge on any atom is -0.294 e. The van der Waals surface area contributed by atoms with Gasteiger partial charge in [-0.05, 0) is 12.1 Å². The number of halogens is 1. The Balaban J connectivity index is 2.18. The van der Waals surface area contributed by atoms with Crippen molar-refractivity contribution in [1.29, 1.82) is 0 Å². The first-order valence-electron chi connectivity index (χ1n) is 4.78. The number of ketones is 1. The largest absolute Gasteiger partial charge is 0.294 e. The molecule has 0 aliphatic heterocycles. The molecule has 0 unspecified atom stereocenters. The Morgan fingerprint density at radius 3 is 2.94 bits per heavy atom. The van der Waals surface area contributed by atoms with E-state index in [1.165, 1.54) is 6.33 Å². The second kappa shape index (κ2) is 4.57. The topological polar surface area (TPSA) is 47.8 Å². The number of aryl methyl sites for hydroxylation is 1. The number of Topliss-reactive ketones (excluding diaryl/α,β-unsaturated/α-hetero) is 1. The summed E-state index contributed by atoms with van der Waals surface area (Å²) in [7, 11) is 1.77. The molecule has 0 saturated carbocycles. The molecule has 0 aliphatic carbocycles. The van der Waals surface area contributed by atoms with Crippen molar-refractivity contribution in [3.05, 3.63) is 46.5 Å². The molecule has 2 rings (SSSR count). The molecule has 82 valence electrons. The van der Waals surface area contributed by atoms with Gasteiger partial charge in [-0.25, -0.2) is 4.98 Å². The van der Waals surface area contributed by atoms with Crippen molar-refractivity contribution in [2.24, 2.45) is 7.05 Å². The lowest BCUT2D eigenvalue weighted by Crippen LogP contribution is -2.08. The van der Waals surface area contributed by atoms with E-state index < -0.39 is 0 Å². The van der Waals surface area contributed by atoms with Crippen LogP contribution in [0, 0.1) is 0 Å². The van der Waals surface area contributed by atoms with Crippen molar-refractivity contribution in [1.82, 2.24) is 14.8 Å². The van der Waals surface area contributed by atoms with Crippen molar-refractivity contribution < 1.29 is 4.79 Å². The summed E-state index contributed by atoms with van der Waals surface area (Å²) in [6.45, 7) is 0. The van der Waals surface area contributed by atoms with Crippen LogP contribution in [0.25, 0.3) is 0 Å². The Morgan fingerprint density at radius 1 is 1.50 bits per heavy atom. The Bertz CT molecular complexity index is 521. The number of hydrogen-bond acceptors (Lipinski definition) is 3. The fourth-order valence-electron chi connectivity index (χ4n) is 1.39. The van der Waals surface area contributed by atoms with E-state index in [-0.39, 0.29) is 12.2 Å². The molecule has 0 atom stereocenters. The number of aromatic nitrogens is 3. The van der Waals surface area contributed by atoms with Crippen LogP contribution < -0.4 is 0 Å². The van der Waals surface area contributed by atoms with Gasteiger partial charge >= 0.3 is 0 Å². The Labute approximate surface area is 101 Å². The van der Waals surface area contributed by atoms with Gasteiger partial charge in [-0.15, -0.1) is 0 Å². The molecule has 0 spiro atoms. The van der Waals surface area contributed by atoms with E-state index in [0.29, 0.717) is 11.4 Å². The lowest BCUT2D eigenvalue weighted by molar-refractivity contribution is 0.0989. The van der Waals surface area contributed by atoms with Crippen LogP contribution in [0.3, 0.4) is 0 Å². The van der Waals surface area contributed by atoms with Gasteiger partial charge in [0, 0.05) is 17.1 Å². The van der Waals surface area contributed by atoms with Crippen LogP contribution in [0.2, 0.25) is 0 Å². The molecule has 0 radical (unpaired) electrons. The van der Waals surface area contributed by atoms with Gasteiger partial charge in [-0.3, -0.25) is 9.48 Å². The molecule has 0 aliphatic rings. The number of carbonyl (C=O) groups is 1. The summed E-state index contributed by atoms with van der Waals surface area (Å²) >= 11 is 3.34. The van der Waals surface area contributed by atoms with Gasteiger partial charge in [0.25, 0.3) is 0 Å². The first-order valence-corrected chi connectivity index (χ1v) is 5.58. The first-order chi connectivity index (χ1) is 7.66. The highest BCUT2D eigenvalue weighted by atomic mass is 79.9. The van der Waals surface area contributed by atoms with Crippen LogP contribution in [-0.4, -0.2) is 20.5 Å². The summed E-state index contributed by atoms with van der Waals surface area (Å²) in [6, 6.07) is 7.33. The summed E-state index contributed by atoms with van der Waals surface area (Å²) in [4.78, 5) is 15.9. The molecule has 1 heterocycles. The van der Waals surface area contributed by atoms with E-state index in [9.17, 15) is 4.79 Å². The van der Waals surface area contributed by atoms with Gasteiger partial charge in [0.1, 0.15) is 12.2 Å². The molecule has 0 bridgehead atoms. The van der Waals surface area contributed by atoms with Crippen LogP contribution in [0.15, 0.2) is 35.1 Å². The lowest BCUT2D eigenvalue weighted by atomic mass is 10.1. The number of rotatable bonds is 3. The zero-order valence-electron chi connectivity index (χ0n) is 8.72. The maximum Gasteiger partial charge on any atom is 0.170 e. The minimum absolute atomic E-state index is 0.0393. The molecule has 5 heteroatoms. The van der Waals surface area contributed by atoms with Crippen molar-refractivity contribution in [2.45, 2.75) is 6.42 Å².